The quantitative estimate of drug-likeness (QED) is 0.258. The smallest absolute Gasteiger partial charge is 0.236 e. The van der Waals surface area contributed by atoms with E-state index in [1.54, 1.807) is 12.0 Å². The Bertz CT molecular complexity index is 363. The van der Waals surface area contributed by atoms with Crippen molar-refractivity contribution in [3.63, 3.8) is 0 Å². The zero-order valence-electron chi connectivity index (χ0n) is 13.5. The Labute approximate surface area is 127 Å². The average Bonchev–Trinajstić information content (AvgIpc) is 2.74. The van der Waals surface area contributed by atoms with Gasteiger partial charge in [0.15, 0.2) is 5.84 Å². The van der Waals surface area contributed by atoms with Crippen molar-refractivity contribution in [3.05, 3.63) is 0 Å². The second kappa shape index (κ2) is 8.22. The van der Waals surface area contributed by atoms with E-state index in [9.17, 15) is 4.79 Å². The lowest BCUT2D eigenvalue weighted by Gasteiger charge is -2.38. The Balaban J connectivity index is 3.08. The normalized spacial score (nSPS) is 20.6. The van der Waals surface area contributed by atoms with Crippen LogP contribution in [-0.2, 0) is 9.53 Å². The van der Waals surface area contributed by atoms with Gasteiger partial charge in [-0.05, 0) is 26.7 Å². The lowest BCUT2D eigenvalue weighted by atomic mass is 9.77. The van der Waals surface area contributed by atoms with Crippen LogP contribution in [0, 0.1) is 5.41 Å². The maximum atomic E-state index is 13.1. The van der Waals surface area contributed by atoms with Gasteiger partial charge in [0, 0.05) is 13.7 Å². The number of methoxy groups -OCH3 is 1. The summed E-state index contributed by atoms with van der Waals surface area (Å²) in [6.07, 6.45) is 5.34. The molecule has 1 amide bonds. The van der Waals surface area contributed by atoms with Gasteiger partial charge in [0.2, 0.25) is 5.91 Å². The van der Waals surface area contributed by atoms with E-state index in [4.69, 9.17) is 15.7 Å². The maximum Gasteiger partial charge on any atom is 0.236 e. The lowest BCUT2D eigenvalue weighted by molar-refractivity contribution is -0.142. The van der Waals surface area contributed by atoms with Crippen molar-refractivity contribution in [1.29, 1.82) is 0 Å². The monoisotopic (exact) mass is 299 g/mol. The average molecular weight is 299 g/mol. The van der Waals surface area contributed by atoms with Crippen molar-refractivity contribution in [2.75, 3.05) is 20.3 Å². The molecule has 0 bridgehead atoms. The number of ether oxygens (including phenoxy) is 1. The third-order valence-electron chi connectivity index (χ3n) is 4.51. The Morgan fingerprint density at radius 3 is 2.38 bits per heavy atom. The van der Waals surface area contributed by atoms with Crippen LogP contribution in [0.2, 0.25) is 0 Å². The highest BCUT2D eigenvalue weighted by atomic mass is 16.5. The molecule has 1 aliphatic rings. The van der Waals surface area contributed by atoms with Gasteiger partial charge in [0.05, 0.1) is 12.6 Å². The summed E-state index contributed by atoms with van der Waals surface area (Å²) in [5.74, 6) is 0.0178. The van der Waals surface area contributed by atoms with Gasteiger partial charge in [-0.1, -0.05) is 30.8 Å². The van der Waals surface area contributed by atoms with E-state index in [0.717, 1.165) is 25.7 Å². The zero-order valence-corrected chi connectivity index (χ0v) is 13.5. The van der Waals surface area contributed by atoms with E-state index in [1.165, 1.54) is 0 Å². The number of rotatable bonds is 6. The first-order valence-corrected chi connectivity index (χ1v) is 7.81. The van der Waals surface area contributed by atoms with Crippen LogP contribution in [-0.4, -0.2) is 48.2 Å². The summed E-state index contributed by atoms with van der Waals surface area (Å²) in [4.78, 5) is 14.9. The molecule has 122 valence electrons. The van der Waals surface area contributed by atoms with E-state index in [-0.39, 0.29) is 17.8 Å². The van der Waals surface area contributed by atoms with Crippen LogP contribution in [0.1, 0.15) is 52.4 Å². The molecule has 1 saturated carbocycles. The number of hydrogen-bond donors (Lipinski definition) is 2. The number of carbonyl (C=O) groups excluding carboxylic acids is 1. The largest absolute Gasteiger partial charge is 0.409 e. The van der Waals surface area contributed by atoms with Crippen molar-refractivity contribution in [2.45, 2.75) is 58.4 Å². The van der Waals surface area contributed by atoms with Crippen LogP contribution in [0.5, 0.6) is 0 Å². The highest BCUT2D eigenvalue weighted by Crippen LogP contribution is 2.37. The third-order valence-corrected chi connectivity index (χ3v) is 4.51. The molecule has 1 aliphatic carbocycles. The van der Waals surface area contributed by atoms with Gasteiger partial charge < -0.3 is 20.6 Å². The predicted molar refractivity (Wildman–Crippen MR) is 82.3 cm³/mol. The number of oxime groups is 1. The number of likely N-dealkylation sites (N-methyl/N-ethyl adjacent to an activating group) is 1. The molecule has 0 spiro atoms. The molecule has 0 aromatic heterocycles. The fraction of sp³-hybridized carbons (Fsp3) is 0.867. The van der Waals surface area contributed by atoms with Crippen molar-refractivity contribution in [3.8, 4) is 0 Å². The van der Waals surface area contributed by atoms with Gasteiger partial charge in [-0.2, -0.15) is 0 Å². The predicted octanol–water partition coefficient (Wildman–Crippen LogP) is 1.96. The van der Waals surface area contributed by atoms with Crippen LogP contribution in [0.3, 0.4) is 0 Å². The summed E-state index contributed by atoms with van der Waals surface area (Å²) in [5, 5.41) is 12.3. The van der Waals surface area contributed by atoms with E-state index < -0.39 is 5.41 Å². The first-order valence-electron chi connectivity index (χ1n) is 7.81. The van der Waals surface area contributed by atoms with Crippen LogP contribution in [0.25, 0.3) is 0 Å². The molecule has 6 nitrogen and oxygen atoms in total. The molecule has 1 atom stereocenters. The molecule has 0 saturated heterocycles. The lowest BCUT2D eigenvalue weighted by Crippen LogP contribution is -2.54. The van der Waals surface area contributed by atoms with E-state index in [0.29, 0.717) is 26.0 Å². The molecular formula is C15H29N3O3. The molecule has 1 fully saturated rings. The number of amidine groups is 1. The maximum absolute atomic E-state index is 13.1. The van der Waals surface area contributed by atoms with Crippen molar-refractivity contribution < 1.29 is 14.7 Å². The molecule has 21 heavy (non-hydrogen) atoms. The molecule has 0 aliphatic heterocycles. The number of nitrogens with zero attached hydrogens (tertiary/aromatic N) is 2. The molecule has 1 rings (SSSR count). The van der Waals surface area contributed by atoms with Crippen molar-refractivity contribution >= 4 is 11.7 Å². The van der Waals surface area contributed by atoms with Crippen LogP contribution in [0.4, 0.5) is 0 Å². The number of nitrogens with two attached hydrogens (primary N) is 1. The summed E-state index contributed by atoms with van der Waals surface area (Å²) < 4.78 is 5.16. The summed E-state index contributed by atoms with van der Waals surface area (Å²) >= 11 is 0. The summed E-state index contributed by atoms with van der Waals surface area (Å²) in [7, 11) is 1.62. The molecular weight excluding hydrogens is 270 g/mol. The Kier molecular flexibility index (Phi) is 6.95. The van der Waals surface area contributed by atoms with Gasteiger partial charge in [0.1, 0.15) is 5.41 Å². The molecule has 0 aromatic carbocycles. The Morgan fingerprint density at radius 2 is 1.95 bits per heavy atom. The number of carbonyl (C=O) groups is 1. The van der Waals surface area contributed by atoms with Gasteiger partial charge in [0.25, 0.3) is 0 Å². The standard InChI is InChI=1S/C15H29N3O3/c1-4-18(12(2)11-21-3)14(19)15(13(16)17-20)9-7-5-6-8-10-15/h12,20H,4-11H2,1-3H3,(H2,16,17). The summed E-state index contributed by atoms with van der Waals surface area (Å²) in [5.41, 5.74) is 5.08. The Hall–Kier alpha value is -1.30. The highest BCUT2D eigenvalue weighted by molar-refractivity contribution is 6.06. The highest BCUT2D eigenvalue weighted by Gasteiger charge is 2.45. The molecule has 3 N–H and O–H groups in total. The van der Waals surface area contributed by atoms with Crippen LogP contribution >= 0.6 is 0 Å². The summed E-state index contributed by atoms with van der Waals surface area (Å²) in [6.45, 7) is 4.97. The van der Waals surface area contributed by atoms with Crippen molar-refractivity contribution in [2.24, 2.45) is 16.3 Å². The van der Waals surface area contributed by atoms with Crippen LogP contribution in [0.15, 0.2) is 5.16 Å². The van der Waals surface area contributed by atoms with Gasteiger partial charge in [-0.3, -0.25) is 4.79 Å². The van der Waals surface area contributed by atoms with E-state index in [1.807, 2.05) is 13.8 Å². The molecule has 0 aromatic rings. The molecule has 6 heteroatoms. The fourth-order valence-corrected chi connectivity index (χ4v) is 3.27. The first kappa shape index (κ1) is 17.8. The van der Waals surface area contributed by atoms with Crippen molar-refractivity contribution in [1.82, 2.24) is 4.90 Å². The zero-order chi connectivity index (χ0) is 15.9. The number of amides is 1. The van der Waals surface area contributed by atoms with Crippen LogP contribution < -0.4 is 5.73 Å². The first-order chi connectivity index (χ1) is 10.0. The second-order valence-corrected chi connectivity index (χ2v) is 5.88. The molecule has 0 heterocycles. The van der Waals surface area contributed by atoms with Gasteiger partial charge in [-0.25, -0.2) is 0 Å². The second-order valence-electron chi connectivity index (χ2n) is 5.88. The molecule has 0 radical (unpaired) electrons. The Morgan fingerprint density at radius 1 is 1.38 bits per heavy atom. The SMILES string of the molecule is CCN(C(=O)C1(C(N)=NO)CCCCCC1)C(C)COC. The minimum absolute atomic E-state index is 0.0286. The van der Waals surface area contributed by atoms with E-state index >= 15 is 0 Å². The summed E-state index contributed by atoms with van der Waals surface area (Å²) in [6, 6.07) is -0.0286. The van der Waals surface area contributed by atoms with Gasteiger partial charge >= 0.3 is 0 Å². The minimum Gasteiger partial charge on any atom is -0.409 e. The topological polar surface area (TPSA) is 88.2 Å². The molecule has 1 unspecified atom stereocenters. The van der Waals surface area contributed by atoms with Gasteiger partial charge in [-0.15, -0.1) is 0 Å². The minimum atomic E-state index is -0.858. The fourth-order valence-electron chi connectivity index (χ4n) is 3.27. The third kappa shape index (κ3) is 3.87. The number of hydrogen-bond acceptors (Lipinski definition) is 4. The van der Waals surface area contributed by atoms with E-state index in [2.05, 4.69) is 5.16 Å².